The van der Waals surface area contributed by atoms with Gasteiger partial charge >= 0.3 is 0 Å². The summed E-state index contributed by atoms with van der Waals surface area (Å²) in [5.74, 6) is 1.50. The molecule has 2 aromatic heterocycles. The SMILES string of the molecule is CN=C(NCCOc1cccnc1)NCc1nc(C)c(C)s1. The van der Waals surface area contributed by atoms with Crippen LogP contribution in [0.3, 0.4) is 0 Å². The highest BCUT2D eigenvalue weighted by Crippen LogP contribution is 2.15. The van der Waals surface area contributed by atoms with Crippen molar-refractivity contribution in [1.29, 1.82) is 0 Å². The second kappa shape index (κ2) is 8.33. The number of pyridine rings is 1. The van der Waals surface area contributed by atoms with E-state index < -0.39 is 0 Å². The minimum Gasteiger partial charge on any atom is -0.490 e. The van der Waals surface area contributed by atoms with E-state index in [-0.39, 0.29) is 0 Å². The minimum atomic E-state index is 0.544. The number of rotatable bonds is 6. The van der Waals surface area contributed by atoms with Gasteiger partial charge in [-0.15, -0.1) is 11.3 Å². The Kier molecular flexibility index (Phi) is 6.14. The van der Waals surface area contributed by atoms with Crippen LogP contribution in [0.1, 0.15) is 15.6 Å². The zero-order valence-electron chi connectivity index (χ0n) is 13.1. The molecule has 6 nitrogen and oxygen atoms in total. The highest BCUT2D eigenvalue weighted by molar-refractivity contribution is 7.11. The summed E-state index contributed by atoms with van der Waals surface area (Å²) in [6.07, 6.45) is 3.42. The van der Waals surface area contributed by atoms with Crippen molar-refractivity contribution in [1.82, 2.24) is 20.6 Å². The summed E-state index contributed by atoms with van der Waals surface area (Å²) in [6, 6.07) is 3.73. The van der Waals surface area contributed by atoms with Gasteiger partial charge in [-0.05, 0) is 26.0 Å². The van der Waals surface area contributed by atoms with Gasteiger partial charge in [0.1, 0.15) is 17.4 Å². The molecule has 0 fully saturated rings. The van der Waals surface area contributed by atoms with E-state index in [1.54, 1.807) is 30.8 Å². The van der Waals surface area contributed by atoms with Gasteiger partial charge in [-0.1, -0.05) is 0 Å². The van der Waals surface area contributed by atoms with E-state index >= 15 is 0 Å². The Morgan fingerprint density at radius 1 is 1.36 bits per heavy atom. The van der Waals surface area contributed by atoms with E-state index in [9.17, 15) is 0 Å². The Bertz CT molecular complexity index is 592. The van der Waals surface area contributed by atoms with Crippen LogP contribution >= 0.6 is 11.3 Å². The van der Waals surface area contributed by atoms with Gasteiger partial charge in [0.15, 0.2) is 5.96 Å². The number of guanidine groups is 1. The molecule has 0 amide bonds. The number of nitrogens with one attached hydrogen (secondary N) is 2. The highest BCUT2D eigenvalue weighted by Gasteiger charge is 2.04. The number of nitrogens with zero attached hydrogens (tertiary/aromatic N) is 3. The normalized spacial score (nSPS) is 11.3. The zero-order valence-corrected chi connectivity index (χ0v) is 13.9. The lowest BCUT2D eigenvalue weighted by Crippen LogP contribution is -2.38. The van der Waals surface area contributed by atoms with E-state index in [4.69, 9.17) is 4.74 Å². The molecule has 0 aliphatic carbocycles. The third-order valence-electron chi connectivity index (χ3n) is 3.00. The Balaban J connectivity index is 1.69. The molecule has 0 saturated heterocycles. The molecule has 2 rings (SSSR count). The van der Waals surface area contributed by atoms with Crippen molar-refractivity contribution in [3.63, 3.8) is 0 Å². The van der Waals surface area contributed by atoms with Crippen molar-refractivity contribution >= 4 is 17.3 Å². The van der Waals surface area contributed by atoms with Gasteiger partial charge in [-0.3, -0.25) is 9.98 Å². The van der Waals surface area contributed by atoms with E-state index in [1.165, 1.54) is 4.88 Å². The topological polar surface area (TPSA) is 71.4 Å². The maximum atomic E-state index is 5.56. The first-order valence-electron chi connectivity index (χ1n) is 7.09. The maximum Gasteiger partial charge on any atom is 0.191 e. The molecule has 2 heterocycles. The molecule has 0 spiro atoms. The second-order valence-corrected chi connectivity index (χ2v) is 5.93. The van der Waals surface area contributed by atoms with Crippen LogP contribution in [0.25, 0.3) is 0 Å². The van der Waals surface area contributed by atoms with Gasteiger partial charge in [0.2, 0.25) is 0 Å². The average Bonchev–Trinajstić information content (AvgIpc) is 2.86. The molecule has 0 atom stereocenters. The number of aryl methyl sites for hydroxylation is 2. The zero-order chi connectivity index (χ0) is 15.8. The first kappa shape index (κ1) is 16.2. The van der Waals surface area contributed by atoms with Gasteiger partial charge in [0.25, 0.3) is 0 Å². The fourth-order valence-corrected chi connectivity index (χ4v) is 2.64. The lowest BCUT2D eigenvalue weighted by atomic mass is 10.4. The molecule has 7 heteroatoms. The standard InChI is InChI=1S/C15H21N5OS/c1-11-12(2)22-14(20-11)10-19-15(16-3)18-7-8-21-13-5-4-6-17-9-13/h4-6,9H,7-8,10H2,1-3H3,(H2,16,18,19). The molecule has 0 saturated carbocycles. The van der Waals surface area contributed by atoms with Gasteiger partial charge in [0.05, 0.1) is 25.0 Å². The van der Waals surface area contributed by atoms with Crippen LogP contribution in [0.15, 0.2) is 29.5 Å². The van der Waals surface area contributed by atoms with E-state index in [2.05, 4.69) is 32.5 Å². The summed E-state index contributed by atoms with van der Waals surface area (Å²) < 4.78 is 5.56. The van der Waals surface area contributed by atoms with Crippen LogP contribution < -0.4 is 15.4 Å². The number of aromatic nitrogens is 2. The first-order chi connectivity index (χ1) is 10.7. The summed E-state index contributed by atoms with van der Waals surface area (Å²) in [6.45, 7) is 5.98. The van der Waals surface area contributed by atoms with E-state index in [0.29, 0.717) is 19.7 Å². The predicted molar refractivity (Wildman–Crippen MR) is 89.5 cm³/mol. The summed E-state index contributed by atoms with van der Waals surface area (Å²) in [7, 11) is 1.75. The van der Waals surface area contributed by atoms with Gasteiger partial charge in [-0.25, -0.2) is 4.98 Å². The number of hydrogen-bond donors (Lipinski definition) is 2. The first-order valence-corrected chi connectivity index (χ1v) is 7.91. The molecule has 0 aliphatic heterocycles. The van der Waals surface area contributed by atoms with Crippen LogP contribution in [0.4, 0.5) is 0 Å². The molecule has 118 valence electrons. The lowest BCUT2D eigenvalue weighted by Gasteiger charge is -2.11. The Morgan fingerprint density at radius 3 is 2.86 bits per heavy atom. The number of aliphatic imine (C=N–C) groups is 1. The summed E-state index contributed by atoms with van der Waals surface area (Å²) in [5, 5.41) is 7.51. The van der Waals surface area contributed by atoms with Crippen LogP contribution in [0.5, 0.6) is 5.75 Å². The van der Waals surface area contributed by atoms with Gasteiger partial charge < -0.3 is 15.4 Å². The van der Waals surface area contributed by atoms with Crippen LogP contribution in [0.2, 0.25) is 0 Å². The fourth-order valence-electron chi connectivity index (χ4n) is 1.77. The van der Waals surface area contributed by atoms with E-state index in [0.717, 1.165) is 22.4 Å². The lowest BCUT2D eigenvalue weighted by molar-refractivity contribution is 0.320. The van der Waals surface area contributed by atoms with Crippen LogP contribution in [-0.4, -0.2) is 36.1 Å². The molecular formula is C15H21N5OS. The number of thiazole rings is 1. The molecule has 2 N–H and O–H groups in total. The summed E-state index contributed by atoms with van der Waals surface area (Å²) in [5.41, 5.74) is 1.09. The smallest absolute Gasteiger partial charge is 0.191 e. The second-order valence-electron chi connectivity index (χ2n) is 4.64. The van der Waals surface area contributed by atoms with Crippen molar-refractivity contribution in [2.24, 2.45) is 4.99 Å². The van der Waals surface area contributed by atoms with E-state index in [1.807, 2.05) is 19.1 Å². The molecule has 0 aromatic carbocycles. The van der Waals surface area contributed by atoms with Crippen molar-refractivity contribution in [2.45, 2.75) is 20.4 Å². The third-order valence-corrected chi connectivity index (χ3v) is 4.07. The molecule has 22 heavy (non-hydrogen) atoms. The minimum absolute atomic E-state index is 0.544. The van der Waals surface area contributed by atoms with Crippen molar-refractivity contribution in [3.8, 4) is 5.75 Å². The maximum absolute atomic E-state index is 5.56. The monoisotopic (exact) mass is 319 g/mol. The van der Waals surface area contributed by atoms with Gasteiger partial charge in [-0.2, -0.15) is 0 Å². The Hall–Kier alpha value is -2.15. The van der Waals surface area contributed by atoms with Gasteiger partial charge in [0, 0.05) is 18.1 Å². The molecular weight excluding hydrogens is 298 g/mol. The molecule has 2 aromatic rings. The quantitative estimate of drug-likeness (QED) is 0.483. The largest absolute Gasteiger partial charge is 0.490 e. The fraction of sp³-hybridized carbons (Fsp3) is 0.400. The average molecular weight is 319 g/mol. The third kappa shape index (κ3) is 5.00. The molecule has 0 radical (unpaired) electrons. The van der Waals surface area contributed by atoms with Crippen LogP contribution in [-0.2, 0) is 6.54 Å². The van der Waals surface area contributed by atoms with Crippen molar-refractivity contribution in [3.05, 3.63) is 40.1 Å². The molecule has 0 bridgehead atoms. The van der Waals surface area contributed by atoms with Crippen molar-refractivity contribution < 1.29 is 4.74 Å². The molecule has 0 aliphatic rings. The Labute approximate surface area is 134 Å². The van der Waals surface area contributed by atoms with Crippen molar-refractivity contribution in [2.75, 3.05) is 20.2 Å². The summed E-state index contributed by atoms with van der Waals surface area (Å²) in [4.78, 5) is 13.9. The number of hydrogen-bond acceptors (Lipinski definition) is 5. The number of ether oxygens (including phenoxy) is 1. The highest BCUT2D eigenvalue weighted by atomic mass is 32.1. The predicted octanol–water partition coefficient (Wildman–Crippen LogP) is 1.90. The Morgan fingerprint density at radius 2 is 2.23 bits per heavy atom. The van der Waals surface area contributed by atoms with Crippen LogP contribution in [0, 0.1) is 13.8 Å². The summed E-state index contributed by atoms with van der Waals surface area (Å²) >= 11 is 1.70. The molecule has 0 unspecified atom stereocenters.